The van der Waals surface area contributed by atoms with Crippen molar-refractivity contribution < 1.29 is 34.5 Å². The molecular formula is C16H30N4O7S2. The Bertz CT molecular complexity index is 553. The van der Waals surface area contributed by atoms with Crippen LogP contribution in [0.3, 0.4) is 0 Å². The number of carboxylic acids is 1. The molecule has 3 amide bonds. The summed E-state index contributed by atoms with van der Waals surface area (Å²) in [6.07, 6.45) is 4.06. The summed E-state index contributed by atoms with van der Waals surface area (Å²) < 4.78 is 0. The number of thioether (sulfide) groups is 2. The molecule has 0 aliphatic carbocycles. The van der Waals surface area contributed by atoms with Gasteiger partial charge in [0.25, 0.3) is 0 Å². The minimum atomic E-state index is -1.38. The van der Waals surface area contributed by atoms with Crippen LogP contribution in [0, 0.1) is 0 Å². The average molecular weight is 455 g/mol. The molecule has 0 aromatic rings. The van der Waals surface area contributed by atoms with Gasteiger partial charge in [0, 0.05) is 0 Å². The number of carbonyl (C=O) groups excluding carboxylic acids is 3. The van der Waals surface area contributed by atoms with Crippen LogP contribution in [0.25, 0.3) is 0 Å². The Hall–Kier alpha value is -1.54. The molecule has 29 heavy (non-hydrogen) atoms. The topological polar surface area (TPSA) is 191 Å². The molecule has 0 rings (SSSR count). The summed E-state index contributed by atoms with van der Waals surface area (Å²) in [6, 6.07) is -4.79. The third-order valence-corrected chi connectivity index (χ3v) is 5.11. The summed E-state index contributed by atoms with van der Waals surface area (Å²) in [7, 11) is 0. The Balaban J connectivity index is 5.14. The highest BCUT2D eigenvalue weighted by Crippen LogP contribution is 2.05. The molecule has 0 fully saturated rings. The molecule has 4 atom stereocenters. The number of aliphatic carboxylic acids is 1. The summed E-state index contributed by atoms with van der Waals surface area (Å²) in [6.45, 7) is -1.39. The van der Waals surface area contributed by atoms with Gasteiger partial charge in [-0.3, -0.25) is 14.4 Å². The first-order valence-electron chi connectivity index (χ1n) is 8.80. The zero-order chi connectivity index (χ0) is 22.4. The van der Waals surface area contributed by atoms with Gasteiger partial charge in [0.1, 0.15) is 24.2 Å². The first-order valence-corrected chi connectivity index (χ1v) is 11.6. The van der Waals surface area contributed by atoms with Gasteiger partial charge in [-0.15, -0.1) is 0 Å². The van der Waals surface area contributed by atoms with Crippen molar-refractivity contribution in [2.45, 2.75) is 37.0 Å². The molecule has 0 aromatic carbocycles. The van der Waals surface area contributed by atoms with Crippen LogP contribution in [0.2, 0.25) is 0 Å². The third-order valence-electron chi connectivity index (χ3n) is 3.82. The van der Waals surface area contributed by atoms with Gasteiger partial charge < -0.3 is 37.0 Å². The van der Waals surface area contributed by atoms with Crippen molar-refractivity contribution >= 4 is 47.2 Å². The van der Waals surface area contributed by atoms with Crippen LogP contribution in [0.15, 0.2) is 0 Å². The largest absolute Gasteiger partial charge is 0.480 e. The zero-order valence-corrected chi connectivity index (χ0v) is 18.1. The maximum Gasteiger partial charge on any atom is 0.326 e. The molecule has 0 heterocycles. The molecule has 4 unspecified atom stereocenters. The lowest BCUT2D eigenvalue weighted by Gasteiger charge is -2.24. The van der Waals surface area contributed by atoms with Crippen molar-refractivity contribution in [3.05, 3.63) is 0 Å². The second kappa shape index (κ2) is 15.3. The number of carboxylic acid groups (broad SMARTS) is 1. The van der Waals surface area contributed by atoms with Crippen LogP contribution in [0.1, 0.15) is 12.8 Å². The van der Waals surface area contributed by atoms with Crippen molar-refractivity contribution in [3.63, 3.8) is 0 Å². The maximum atomic E-state index is 12.5. The van der Waals surface area contributed by atoms with E-state index in [1.54, 1.807) is 0 Å². The fraction of sp³-hybridized carbons (Fsp3) is 0.750. The van der Waals surface area contributed by atoms with Crippen LogP contribution in [0.5, 0.6) is 0 Å². The predicted octanol–water partition coefficient (Wildman–Crippen LogP) is -2.66. The van der Waals surface area contributed by atoms with E-state index in [4.69, 9.17) is 10.8 Å². The second-order valence-electron chi connectivity index (χ2n) is 6.06. The lowest BCUT2D eigenvalue weighted by molar-refractivity contribution is -0.142. The number of carbonyl (C=O) groups is 4. The lowest BCUT2D eigenvalue weighted by Crippen LogP contribution is -2.58. The van der Waals surface area contributed by atoms with Crippen LogP contribution < -0.4 is 21.7 Å². The van der Waals surface area contributed by atoms with E-state index in [9.17, 15) is 29.4 Å². The fourth-order valence-electron chi connectivity index (χ4n) is 2.10. The zero-order valence-electron chi connectivity index (χ0n) is 16.4. The SMILES string of the molecule is CSCCC(NC(=O)C(CCSC)NC(=O)C(CO)NC(=O)C(N)CO)C(=O)O. The van der Waals surface area contributed by atoms with Gasteiger partial charge in [-0.1, -0.05) is 0 Å². The smallest absolute Gasteiger partial charge is 0.326 e. The number of hydrogen-bond donors (Lipinski definition) is 7. The van der Waals surface area contributed by atoms with E-state index in [0.717, 1.165) is 0 Å². The molecule has 0 bridgehead atoms. The number of nitrogens with one attached hydrogen (secondary N) is 3. The Morgan fingerprint density at radius 2 is 1.24 bits per heavy atom. The second-order valence-corrected chi connectivity index (χ2v) is 8.03. The summed E-state index contributed by atoms with van der Waals surface area (Å²) in [5.41, 5.74) is 5.36. The quantitative estimate of drug-likeness (QED) is 0.137. The number of hydrogen-bond acceptors (Lipinski definition) is 9. The molecule has 0 saturated carbocycles. The Morgan fingerprint density at radius 3 is 1.69 bits per heavy atom. The number of aliphatic hydroxyl groups is 2. The minimum Gasteiger partial charge on any atom is -0.480 e. The monoisotopic (exact) mass is 454 g/mol. The number of aliphatic hydroxyl groups excluding tert-OH is 2. The summed E-state index contributed by atoms with van der Waals surface area (Å²) in [5, 5.41) is 34.5. The molecule has 0 radical (unpaired) electrons. The number of nitrogens with two attached hydrogens (primary N) is 1. The molecule has 13 heteroatoms. The molecule has 0 saturated heterocycles. The highest BCUT2D eigenvalue weighted by Gasteiger charge is 2.29. The Kier molecular flexibility index (Phi) is 14.5. The van der Waals surface area contributed by atoms with E-state index in [2.05, 4.69) is 16.0 Å². The summed E-state index contributed by atoms with van der Waals surface area (Å²) >= 11 is 2.87. The van der Waals surface area contributed by atoms with Gasteiger partial charge >= 0.3 is 5.97 Å². The normalized spacial score (nSPS) is 14.9. The molecule has 8 N–H and O–H groups in total. The Labute approximate surface area is 177 Å². The number of rotatable bonds is 15. The molecule has 11 nitrogen and oxygen atoms in total. The first kappa shape index (κ1) is 27.5. The van der Waals surface area contributed by atoms with Gasteiger partial charge in [-0.2, -0.15) is 23.5 Å². The highest BCUT2D eigenvalue weighted by atomic mass is 32.2. The van der Waals surface area contributed by atoms with Gasteiger partial charge in [0.05, 0.1) is 13.2 Å². The molecule has 0 aliphatic heterocycles. The van der Waals surface area contributed by atoms with Crippen molar-refractivity contribution in [1.82, 2.24) is 16.0 Å². The van der Waals surface area contributed by atoms with Gasteiger partial charge in [0.15, 0.2) is 0 Å². The standard InChI is InChI=1S/C16H30N4O7S2/c1-28-5-3-10(14(24)19-11(16(26)27)4-6-29-2)18-15(25)12(8-22)20-13(23)9(17)7-21/h9-12,21-22H,3-8,17H2,1-2H3,(H,18,25)(H,19,24)(H,20,23)(H,26,27). The van der Waals surface area contributed by atoms with Crippen molar-refractivity contribution in [1.29, 1.82) is 0 Å². The van der Waals surface area contributed by atoms with Crippen LogP contribution in [-0.4, -0.2) is 100 Å². The van der Waals surface area contributed by atoms with E-state index in [1.807, 2.05) is 12.5 Å². The molecule has 0 spiro atoms. The third kappa shape index (κ3) is 10.7. The average Bonchev–Trinajstić information content (AvgIpc) is 2.70. The van der Waals surface area contributed by atoms with E-state index in [0.29, 0.717) is 11.5 Å². The van der Waals surface area contributed by atoms with E-state index < -0.39 is 61.1 Å². The molecule has 0 aromatic heterocycles. The van der Waals surface area contributed by atoms with Crippen LogP contribution in [-0.2, 0) is 19.2 Å². The summed E-state index contributed by atoms with van der Waals surface area (Å²) in [5.74, 6) is -2.48. The predicted molar refractivity (Wildman–Crippen MR) is 112 cm³/mol. The minimum absolute atomic E-state index is 0.218. The van der Waals surface area contributed by atoms with Crippen molar-refractivity contribution in [2.24, 2.45) is 5.73 Å². The van der Waals surface area contributed by atoms with Gasteiger partial charge in [-0.05, 0) is 36.9 Å². The van der Waals surface area contributed by atoms with Gasteiger partial charge in [0.2, 0.25) is 17.7 Å². The van der Waals surface area contributed by atoms with E-state index in [-0.39, 0.29) is 12.8 Å². The molecule has 168 valence electrons. The van der Waals surface area contributed by atoms with Gasteiger partial charge in [-0.25, -0.2) is 4.79 Å². The van der Waals surface area contributed by atoms with E-state index in [1.165, 1.54) is 23.5 Å². The van der Waals surface area contributed by atoms with Crippen LogP contribution in [0.4, 0.5) is 0 Å². The van der Waals surface area contributed by atoms with E-state index >= 15 is 0 Å². The fourth-order valence-corrected chi connectivity index (χ4v) is 3.04. The van der Waals surface area contributed by atoms with Crippen molar-refractivity contribution in [3.8, 4) is 0 Å². The first-order chi connectivity index (χ1) is 13.7. The molecule has 0 aliphatic rings. The lowest BCUT2D eigenvalue weighted by atomic mass is 10.1. The number of amides is 3. The molecular weight excluding hydrogens is 424 g/mol. The summed E-state index contributed by atoms with van der Waals surface area (Å²) in [4.78, 5) is 48.0. The Morgan fingerprint density at radius 1 is 0.793 bits per heavy atom. The van der Waals surface area contributed by atoms with Crippen molar-refractivity contribution in [2.75, 3.05) is 37.2 Å². The van der Waals surface area contributed by atoms with Crippen LogP contribution >= 0.6 is 23.5 Å². The highest BCUT2D eigenvalue weighted by molar-refractivity contribution is 7.98. The maximum absolute atomic E-state index is 12.5.